The summed E-state index contributed by atoms with van der Waals surface area (Å²) in [5.74, 6) is -4.96. The first kappa shape index (κ1) is 76.7. The molecule has 2 saturated heterocycles. The Hall–Kier alpha value is -11.0. The van der Waals surface area contributed by atoms with Gasteiger partial charge in [-0.3, -0.25) is 43.2 Å². The van der Waals surface area contributed by atoms with E-state index in [0.29, 0.717) is 68.6 Å². The molecule has 0 spiro atoms. The number of amides is 7. The molecular weight excluding hydrogens is 1460 g/mol. The highest BCUT2D eigenvalue weighted by Crippen LogP contribution is 2.48. The first-order chi connectivity index (χ1) is 52.8. The number of fused-ring (bicyclic) bond motifs is 8. The van der Waals surface area contributed by atoms with Crippen molar-refractivity contribution in [2.75, 3.05) is 22.9 Å². The summed E-state index contributed by atoms with van der Waals surface area (Å²) in [5.41, 5.74) is 7.82. The van der Waals surface area contributed by atoms with Crippen molar-refractivity contribution in [1.29, 1.82) is 0 Å². The molecule has 4 saturated carbocycles. The maximum absolute atomic E-state index is 14.8. The second-order valence-electron chi connectivity index (χ2n) is 31.6. The zero-order valence-electron chi connectivity index (χ0n) is 62.2. The molecule has 27 nitrogen and oxygen atoms in total. The molecule has 4 heterocycles. The van der Waals surface area contributed by atoms with Crippen molar-refractivity contribution in [1.82, 2.24) is 30.3 Å². The zero-order chi connectivity index (χ0) is 78.9. The number of ether oxygens (including phenoxy) is 2. The molecule has 6 aliphatic carbocycles. The lowest BCUT2D eigenvalue weighted by Crippen LogP contribution is -2.58. The van der Waals surface area contributed by atoms with Crippen LogP contribution in [0.3, 0.4) is 0 Å². The second-order valence-corrected chi connectivity index (χ2v) is 35.5. The van der Waals surface area contributed by atoms with Crippen molar-refractivity contribution in [3.63, 3.8) is 0 Å². The van der Waals surface area contributed by atoms with Crippen molar-refractivity contribution < 1.29 is 79.4 Å². The van der Waals surface area contributed by atoms with Gasteiger partial charge in [-0.15, -0.1) is 13.2 Å². The summed E-state index contributed by atoms with van der Waals surface area (Å²) >= 11 is 0. The van der Waals surface area contributed by atoms with Crippen LogP contribution in [0.5, 0.6) is 0 Å². The number of carboxylic acid groups (broad SMARTS) is 1. The molecule has 29 heteroatoms. The molecule has 10 aliphatic rings. The van der Waals surface area contributed by atoms with Crippen LogP contribution >= 0.6 is 0 Å². The van der Waals surface area contributed by atoms with E-state index in [4.69, 9.17) is 19.1 Å². The highest BCUT2D eigenvalue weighted by molar-refractivity contribution is 7.91. The number of anilines is 2. The SMILES string of the molecule is C=C[C@@H]1C[C@]1(NC(=O)[C@@H]1C[C@@H](ON=C2c3ccccc3-c3ccccc32)CN1)C(=O)NS(=O)(=O)C1CC1.C=C[C@@H]1C[C@]1(NC(=O)[C@@H]1C[C@@H](ON=C2c3ccccc3-c3ccccc32)CN1C(=O)[C@@H]1Cc2ccccc2N1C(=O)OC(C)(C)C)C(=O)NS(=O)(=O)C1CC1.CC(C)(C)OC(=O)N1c2ccccc2C[C@H]1C(=O)O. The Labute approximate surface area is 643 Å². The van der Waals surface area contributed by atoms with Crippen LogP contribution < -0.4 is 35.2 Å². The minimum absolute atomic E-state index is 0.0145. The minimum Gasteiger partial charge on any atom is -0.480 e. The Morgan fingerprint density at radius 1 is 0.514 bits per heavy atom. The quantitative estimate of drug-likeness (QED) is 0.0345. The number of benzene rings is 6. The fourth-order valence-electron chi connectivity index (χ4n) is 15.3. The van der Waals surface area contributed by atoms with Gasteiger partial charge in [0.15, 0.2) is 0 Å². The van der Waals surface area contributed by atoms with Crippen LogP contribution in [0.2, 0.25) is 0 Å². The number of carboxylic acids is 1. The van der Waals surface area contributed by atoms with E-state index < -0.39 is 131 Å². The number of nitrogens with zero attached hydrogens (tertiary/aromatic N) is 5. The van der Waals surface area contributed by atoms with Crippen LogP contribution in [0, 0.1) is 11.8 Å². The summed E-state index contributed by atoms with van der Waals surface area (Å²) in [6.07, 6.45) is 4.01. The Morgan fingerprint density at radius 3 is 1.29 bits per heavy atom. The van der Waals surface area contributed by atoms with E-state index in [0.717, 1.165) is 61.3 Å². The maximum atomic E-state index is 14.8. The number of carbonyl (C=O) groups excluding carboxylic acids is 7. The monoisotopic (exact) mass is 1550 g/mol. The largest absolute Gasteiger partial charge is 0.480 e. The van der Waals surface area contributed by atoms with Gasteiger partial charge >= 0.3 is 18.2 Å². The Balaban J connectivity index is 0.000000156. The van der Waals surface area contributed by atoms with Gasteiger partial charge in [0, 0.05) is 66.3 Å². The normalized spacial score (nSPS) is 24.6. The average molecular weight is 1550 g/mol. The van der Waals surface area contributed by atoms with Gasteiger partial charge in [0.05, 0.1) is 34.5 Å². The van der Waals surface area contributed by atoms with E-state index in [1.54, 1.807) is 71.9 Å². The molecule has 580 valence electrons. The van der Waals surface area contributed by atoms with Gasteiger partial charge in [0.1, 0.15) is 64.0 Å². The smallest absolute Gasteiger partial charge is 0.415 e. The van der Waals surface area contributed by atoms with Crippen molar-refractivity contribution in [2.45, 2.75) is 175 Å². The number of carbonyl (C=O) groups is 8. The average Bonchev–Trinajstić information content (AvgIpc) is 1.57. The van der Waals surface area contributed by atoms with E-state index in [-0.39, 0.29) is 43.7 Å². The third-order valence-electron chi connectivity index (χ3n) is 21.4. The molecule has 0 unspecified atom stereocenters. The van der Waals surface area contributed by atoms with Crippen LogP contribution in [0.15, 0.2) is 181 Å². The molecular formula is C82H88N10O17S2. The van der Waals surface area contributed by atoms with Gasteiger partial charge in [-0.2, -0.15) is 0 Å². The lowest BCUT2D eigenvalue weighted by atomic mass is 10.1. The van der Waals surface area contributed by atoms with Gasteiger partial charge in [-0.05, 0) is 126 Å². The van der Waals surface area contributed by atoms with Crippen molar-refractivity contribution in [3.8, 4) is 22.3 Å². The predicted octanol–water partition coefficient (Wildman–Crippen LogP) is 8.71. The summed E-state index contributed by atoms with van der Waals surface area (Å²) in [6.45, 7) is 18.4. The fourth-order valence-corrected chi connectivity index (χ4v) is 18.0. The third kappa shape index (κ3) is 15.6. The number of para-hydroxylation sites is 2. The van der Waals surface area contributed by atoms with Crippen molar-refractivity contribution in [2.24, 2.45) is 22.1 Å². The highest BCUT2D eigenvalue weighted by atomic mass is 32.2. The molecule has 0 bridgehead atoms. The molecule has 0 radical (unpaired) electrons. The van der Waals surface area contributed by atoms with Crippen molar-refractivity contribution in [3.05, 3.63) is 204 Å². The summed E-state index contributed by atoms with van der Waals surface area (Å²) in [6, 6.07) is 42.5. The maximum Gasteiger partial charge on any atom is 0.415 e. The lowest BCUT2D eigenvalue weighted by molar-refractivity contribution is -0.140. The number of oxime groups is 2. The van der Waals surface area contributed by atoms with Gasteiger partial charge in [-0.25, -0.2) is 31.2 Å². The fraction of sp³-hybridized carbons (Fsp3) is 0.390. The van der Waals surface area contributed by atoms with Crippen LogP contribution in [-0.4, -0.2) is 168 Å². The molecule has 0 aromatic heterocycles. The molecule has 16 rings (SSSR count). The van der Waals surface area contributed by atoms with Gasteiger partial charge < -0.3 is 45.1 Å². The zero-order valence-corrected chi connectivity index (χ0v) is 63.8. The van der Waals surface area contributed by atoms with E-state index in [1.165, 1.54) is 20.8 Å². The molecule has 6 N–H and O–H groups in total. The predicted molar refractivity (Wildman–Crippen MR) is 413 cm³/mol. The molecule has 10 atom stereocenters. The first-order valence-electron chi connectivity index (χ1n) is 37.2. The number of nitrogens with one attached hydrogen (secondary N) is 5. The van der Waals surface area contributed by atoms with Crippen molar-refractivity contribution >= 4 is 90.5 Å². The summed E-state index contributed by atoms with van der Waals surface area (Å²) in [7, 11) is -7.62. The molecule has 111 heavy (non-hydrogen) atoms. The molecule has 6 aromatic carbocycles. The Kier molecular flexibility index (Phi) is 20.5. The molecule has 4 aliphatic heterocycles. The van der Waals surface area contributed by atoms with Gasteiger partial charge in [0.2, 0.25) is 37.8 Å². The Morgan fingerprint density at radius 2 is 0.892 bits per heavy atom. The van der Waals surface area contributed by atoms with Crippen LogP contribution in [-0.2, 0) is 80.8 Å². The number of sulfonamides is 2. The number of rotatable bonds is 18. The van der Waals surface area contributed by atoms with E-state index in [2.05, 4.69) is 61.0 Å². The molecule has 6 aromatic rings. The first-order valence-corrected chi connectivity index (χ1v) is 40.3. The van der Waals surface area contributed by atoms with E-state index >= 15 is 0 Å². The third-order valence-corrected chi connectivity index (χ3v) is 25.0. The number of hydrogen-bond donors (Lipinski definition) is 6. The number of aliphatic carboxylic acids is 1. The summed E-state index contributed by atoms with van der Waals surface area (Å²) < 4.78 is 65.4. The van der Waals surface area contributed by atoms with E-state index in [9.17, 15) is 60.3 Å². The highest BCUT2D eigenvalue weighted by Gasteiger charge is 2.63. The van der Waals surface area contributed by atoms with Crippen LogP contribution in [0.25, 0.3) is 22.3 Å². The molecule has 7 amide bonds. The van der Waals surface area contributed by atoms with Gasteiger partial charge in [-0.1, -0.05) is 156 Å². The minimum atomic E-state index is -3.91. The van der Waals surface area contributed by atoms with Crippen LogP contribution in [0.4, 0.5) is 21.0 Å². The second kappa shape index (κ2) is 29.7. The molecule has 6 fully saturated rings. The summed E-state index contributed by atoms with van der Waals surface area (Å²) in [4.78, 5) is 122. The number of likely N-dealkylation sites (tertiary alicyclic amines) is 1. The van der Waals surface area contributed by atoms with E-state index in [1.807, 2.05) is 109 Å². The number of hydrogen-bond acceptors (Lipinski definition) is 19. The van der Waals surface area contributed by atoms with Gasteiger partial charge in [0.25, 0.3) is 11.8 Å². The van der Waals surface area contributed by atoms with Crippen LogP contribution in [0.1, 0.15) is 126 Å². The summed E-state index contributed by atoms with van der Waals surface area (Å²) in [5, 5.41) is 25.9. The standard InChI is InChI=1S/C41H43N5O8S.C27H28N4O5S.C14H17NO4/c1-5-25-22-41(25,38(49)44-55(51,52)27-18-19-27)42-36(47)33-21-26(54-43-35-30-15-9-7-13-28(30)29-14-8-10-16-31(29)35)23-45(33)37(48)34-20-24-12-6-11-17-32(24)46(34)39(50)53-40(2,3)4;1-2-16-14-27(16,26(33)31-37(34,35)18-11-12-18)29-25(32)23-13-17(15-28-23)36-30-24-21-9-5-3-7-19(21)20-8-4-6-10-22(20)24;1-14(2,3)19-13(18)15-10-7-5-4-6-9(10)8-11(15)12(16)17/h5-17,25-27,33-34H,1,18-23H2,2-4H3,(H,42,47)(H,44,49);2-10,16-18,23,28H,1,11-15H2,(H,29,32)(H,31,33);4-7,11H,8H2,1-3H3,(H,16,17)/t25-,26-,33+,34+,41-;16-,17-,23+,27-;11-/m110/s1. The Bertz CT molecular complexity index is 5030. The topological polar surface area (TPSA) is 357 Å². The lowest BCUT2D eigenvalue weighted by Gasteiger charge is -2.32.